The molecule has 2 unspecified atom stereocenters. The molecular weight excluding hydrogens is 330 g/mol. The lowest BCUT2D eigenvalue weighted by molar-refractivity contribution is -0.189. The molecule has 3 nitrogen and oxygen atoms in total. The standard InChI is InChI=1S/C21H25NO2S/c1-15(19-14-16-10-8-9-13-18(16)25-19)21(23,22-20(2,3)4)24-17-11-6-5-7-12-17/h5-15,22-23H,1-4H3. The maximum absolute atomic E-state index is 11.4. The highest BCUT2D eigenvalue weighted by Crippen LogP contribution is 2.37. The quantitative estimate of drug-likeness (QED) is 0.624. The molecule has 2 aromatic carbocycles. The van der Waals surface area contributed by atoms with Crippen molar-refractivity contribution < 1.29 is 9.84 Å². The van der Waals surface area contributed by atoms with Crippen LogP contribution >= 0.6 is 11.3 Å². The van der Waals surface area contributed by atoms with Gasteiger partial charge in [-0.25, -0.2) is 0 Å². The average molecular weight is 356 g/mol. The van der Waals surface area contributed by atoms with E-state index in [2.05, 4.69) is 23.5 Å². The van der Waals surface area contributed by atoms with Crippen LogP contribution in [-0.4, -0.2) is 16.6 Å². The maximum Gasteiger partial charge on any atom is 0.276 e. The highest BCUT2D eigenvalue weighted by molar-refractivity contribution is 7.19. The fraction of sp³-hybridized carbons (Fsp3) is 0.333. The molecule has 3 aromatic rings. The van der Waals surface area contributed by atoms with Crippen molar-refractivity contribution in [3.05, 3.63) is 65.5 Å². The SMILES string of the molecule is CC(c1cc2ccccc2s1)C(O)(NC(C)(C)C)Oc1ccccc1. The number of hydrogen-bond donors (Lipinski definition) is 2. The minimum atomic E-state index is -1.51. The lowest BCUT2D eigenvalue weighted by Gasteiger charge is -2.39. The molecule has 0 amide bonds. The molecule has 0 aliphatic heterocycles. The molecule has 0 bridgehead atoms. The van der Waals surface area contributed by atoms with E-state index < -0.39 is 5.91 Å². The Labute approximate surface area is 153 Å². The Morgan fingerprint density at radius 3 is 2.28 bits per heavy atom. The molecule has 0 fully saturated rings. The molecule has 132 valence electrons. The second-order valence-electron chi connectivity index (χ2n) is 7.39. The topological polar surface area (TPSA) is 41.5 Å². The molecule has 2 atom stereocenters. The third-order valence-corrected chi connectivity index (χ3v) is 5.33. The zero-order valence-corrected chi connectivity index (χ0v) is 15.9. The van der Waals surface area contributed by atoms with Gasteiger partial charge in [0.15, 0.2) is 0 Å². The van der Waals surface area contributed by atoms with Gasteiger partial charge in [-0.1, -0.05) is 36.4 Å². The first kappa shape index (κ1) is 17.9. The second kappa shape index (κ2) is 6.79. The first-order valence-corrected chi connectivity index (χ1v) is 9.33. The Bertz CT molecular complexity index is 805. The van der Waals surface area contributed by atoms with Crippen LogP contribution in [0, 0.1) is 0 Å². The van der Waals surface area contributed by atoms with Gasteiger partial charge in [-0.15, -0.1) is 11.3 Å². The van der Waals surface area contributed by atoms with Crippen LogP contribution < -0.4 is 10.1 Å². The largest absolute Gasteiger partial charge is 0.448 e. The highest BCUT2D eigenvalue weighted by Gasteiger charge is 2.41. The Morgan fingerprint density at radius 1 is 1.00 bits per heavy atom. The average Bonchev–Trinajstić information content (AvgIpc) is 2.97. The van der Waals surface area contributed by atoms with E-state index in [1.165, 1.54) is 10.1 Å². The van der Waals surface area contributed by atoms with Gasteiger partial charge >= 0.3 is 0 Å². The maximum atomic E-state index is 11.4. The molecule has 0 spiro atoms. The molecule has 3 rings (SSSR count). The minimum Gasteiger partial charge on any atom is -0.448 e. The van der Waals surface area contributed by atoms with Gasteiger partial charge in [-0.05, 0) is 57.3 Å². The van der Waals surface area contributed by atoms with Crippen LogP contribution in [0.5, 0.6) is 5.75 Å². The monoisotopic (exact) mass is 355 g/mol. The van der Waals surface area contributed by atoms with Gasteiger partial charge in [0.2, 0.25) is 0 Å². The summed E-state index contributed by atoms with van der Waals surface area (Å²) in [5.41, 5.74) is -0.311. The number of ether oxygens (including phenoxy) is 1. The number of rotatable bonds is 5. The van der Waals surface area contributed by atoms with Crippen LogP contribution in [0.25, 0.3) is 10.1 Å². The summed E-state index contributed by atoms with van der Waals surface area (Å²) in [7, 11) is 0. The number of thiophene rings is 1. The number of hydrogen-bond acceptors (Lipinski definition) is 4. The van der Waals surface area contributed by atoms with Crippen molar-refractivity contribution in [2.45, 2.75) is 45.1 Å². The Kier molecular flexibility index (Phi) is 4.87. The predicted molar refractivity (Wildman–Crippen MR) is 105 cm³/mol. The van der Waals surface area contributed by atoms with Crippen molar-refractivity contribution >= 4 is 21.4 Å². The van der Waals surface area contributed by atoms with Gasteiger partial charge in [0.1, 0.15) is 5.75 Å². The normalized spacial score (nSPS) is 15.7. The zero-order valence-electron chi connectivity index (χ0n) is 15.1. The predicted octanol–water partition coefficient (Wildman–Crippen LogP) is 5.12. The van der Waals surface area contributed by atoms with Crippen molar-refractivity contribution in [2.75, 3.05) is 0 Å². The fourth-order valence-corrected chi connectivity index (χ4v) is 4.00. The number of aliphatic hydroxyl groups is 1. The Morgan fingerprint density at radius 2 is 1.64 bits per heavy atom. The van der Waals surface area contributed by atoms with E-state index in [0.29, 0.717) is 5.75 Å². The smallest absolute Gasteiger partial charge is 0.276 e. The second-order valence-corrected chi connectivity index (χ2v) is 8.51. The van der Waals surface area contributed by atoms with Gasteiger partial charge in [-0.2, -0.15) is 0 Å². The molecule has 0 aliphatic rings. The first-order chi connectivity index (χ1) is 11.8. The zero-order chi connectivity index (χ0) is 18.1. The molecule has 0 radical (unpaired) electrons. The van der Waals surface area contributed by atoms with Crippen molar-refractivity contribution in [3.63, 3.8) is 0 Å². The number of para-hydroxylation sites is 1. The van der Waals surface area contributed by atoms with Crippen LogP contribution in [0.2, 0.25) is 0 Å². The van der Waals surface area contributed by atoms with E-state index in [-0.39, 0.29) is 11.5 Å². The van der Waals surface area contributed by atoms with Crippen LogP contribution in [0.3, 0.4) is 0 Å². The molecule has 25 heavy (non-hydrogen) atoms. The van der Waals surface area contributed by atoms with Gasteiger partial charge in [0.05, 0.1) is 5.92 Å². The van der Waals surface area contributed by atoms with E-state index in [9.17, 15) is 5.11 Å². The molecule has 4 heteroatoms. The Hall–Kier alpha value is -1.88. The van der Waals surface area contributed by atoms with E-state index in [0.717, 1.165) is 4.88 Å². The van der Waals surface area contributed by atoms with Crippen LogP contribution in [0.4, 0.5) is 0 Å². The van der Waals surface area contributed by atoms with Crippen LogP contribution in [0.1, 0.15) is 38.5 Å². The summed E-state index contributed by atoms with van der Waals surface area (Å²) in [6.45, 7) is 8.05. The Balaban J connectivity index is 1.97. The van der Waals surface area contributed by atoms with E-state index in [1.807, 2.05) is 70.2 Å². The first-order valence-electron chi connectivity index (χ1n) is 8.51. The molecular formula is C21H25NO2S. The number of nitrogens with one attached hydrogen (secondary N) is 1. The molecule has 0 saturated heterocycles. The van der Waals surface area contributed by atoms with Crippen LogP contribution in [0.15, 0.2) is 60.7 Å². The third kappa shape index (κ3) is 4.21. The fourth-order valence-electron chi connectivity index (χ4n) is 2.84. The summed E-state index contributed by atoms with van der Waals surface area (Å²) in [5.74, 6) is -1.13. The lowest BCUT2D eigenvalue weighted by atomic mass is 10.0. The lowest BCUT2D eigenvalue weighted by Crippen LogP contribution is -2.60. The van der Waals surface area contributed by atoms with Gasteiger partial charge in [0, 0.05) is 15.1 Å². The molecule has 1 aromatic heterocycles. The summed E-state index contributed by atoms with van der Waals surface area (Å²) >= 11 is 1.69. The van der Waals surface area contributed by atoms with Crippen molar-refractivity contribution in [2.24, 2.45) is 0 Å². The van der Waals surface area contributed by atoms with Crippen molar-refractivity contribution in [1.29, 1.82) is 0 Å². The van der Waals surface area contributed by atoms with Crippen molar-refractivity contribution in [1.82, 2.24) is 5.32 Å². The number of fused-ring (bicyclic) bond motifs is 1. The third-order valence-electron chi connectivity index (χ3n) is 4.03. The van der Waals surface area contributed by atoms with Gasteiger partial charge < -0.3 is 9.84 Å². The molecule has 0 saturated carbocycles. The minimum absolute atomic E-state index is 0.246. The van der Waals surface area contributed by atoms with Gasteiger partial charge in [-0.3, -0.25) is 5.32 Å². The summed E-state index contributed by atoms with van der Waals surface area (Å²) < 4.78 is 7.25. The van der Waals surface area contributed by atoms with E-state index >= 15 is 0 Å². The molecule has 2 N–H and O–H groups in total. The summed E-state index contributed by atoms with van der Waals surface area (Å²) in [6, 6.07) is 19.8. The van der Waals surface area contributed by atoms with Crippen molar-refractivity contribution in [3.8, 4) is 5.75 Å². The van der Waals surface area contributed by atoms with Crippen LogP contribution in [-0.2, 0) is 0 Å². The number of benzene rings is 2. The summed E-state index contributed by atoms with van der Waals surface area (Å²) in [4.78, 5) is 1.08. The van der Waals surface area contributed by atoms with Gasteiger partial charge in [0.25, 0.3) is 5.91 Å². The molecule has 0 aliphatic carbocycles. The summed E-state index contributed by atoms with van der Waals surface area (Å²) in [5, 5.41) is 15.9. The summed E-state index contributed by atoms with van der Waals surface area (Å²) in [6.07, 6.45) is 0. The van der Waals surface area contributed by atoms with E-state index in [1.54, 1.807) is 11.3 Å². The molecule has 1 heterocycles. The van der Waals surface area contributed by atoms with E-state index in [4.69, 9.17) is 4.74 Å². The highest BCUT2D eigenvalue weighted by atomic mass is 32.1.